The van der Waals surface area contributed by atoms with Crippen molar-refractivity contribution in [3.05, 3.63) is 24.3 Å². The second kappa shape index (κ2) is 6.43. The Morgan fingerprint density at radius 3 is 2.84 bits per heavy atom. The summed E-state index contributed by atoms with van der Waals surface area (Å²) in [5.74, 6) is 1.45. The molecule has 1 unspecified atom stereocenters. The lowest BCUT2D eigenvalue weighted by Crippen LogP contribution is -2.44. The lowest BCUT2D eigenvalue weighted by atomic mass is 10.2. The SMILES string of the molecule is CC(C)NCC(=O)NCC1COc2ccccc2O1. The molecule has 0 aliphatic carbocycles. The summed E-state index contributed by atoms with van der Waals surface area (Å²) in [6.07, 6.45) is -0.141. The average molecular weight is 264 g/mol. The third-order valence-corrected chi connectivity index (χ3v) is 2.77. The highest BCUT2D eigenvalue weighted by Gasteiger charge is 2.20. The quantitative estimate of drug-likeness (QED) is 0.831. The van der Waals surface area contributed by atoms with Gasteiger partial charge in [0, 0.05) is 6.04 Å². The highest BCUT2D eigenvalue weighted by Crippen LogP contribution is 2.30. The lowest BCUT2D eigenvalue weighted by Gasteiger charge is -2.26. The van der Waals surface area contributed by atoms with E-state index in [1.165, 1.54) is 0 Å². The van der Waals surface area contributed by atoms with Crippen LogP contribution in [0, 0.1) is 0 Å². The number of carbonyl (C=O) groups is 1. The van der Waals surface area contributed by atoms with Gasteiger partial charge in [-0.1, -0.05) is 26.0 Å². The van der Waals surface area contributed by atoms with Crippen molar-refractivity contribution in [1.29, 1.82) is 0 Å². The fraction of sp³-hybridized carbons (Fsp3) is 0.500. The van der Waals surface area contributed by atoms with Gasteiger partial charge in [-0.3, -0.25) is 4.79 Å². The standard InChI is InChI=1S/C14H20N2O3/c1-10(2)15-8-14(17)16-7-11-9-18-12-5-3-4-6-13(12)19-11/h3-6,10-11,15H,7-9H2,1-2H3,(H,16,17). The molecule has 1 aromatic rings. The number of carbonyl (C=O) groups excluding carboxylic acids is 1. The summed E-state index contributed by atoms with van der Waals surface area (Å²) in [4.78, 5) is 11.6. The maximum atomic E-state index is 11.6. The van der Waals surface area contributed by atoms with Crippen molar-refractivity contribution in [2.45, 2.75) is 26.0 Å². The summed E-state index contributed by atoms with van der Waals surface area (Å²) in [6, 6.07) is 7.84. The van der Waals surface area contributed by atoms with Gasteiger partial charge < -0.3 is 20.1 Å². The number of nitrogens with one attached hydrogen (secondary N) is 2. The summed E-state index contributed by atoms with van der Waals surface area (Å²) < 4.78 is 11.3. The highest BCUT2D eigenvalue weighted by molar-refractivity contribution is 5.78. The first kappa shape index (κ1) is 13.7. The molecule has 1 amide bonds. The Hall–Kier alpha value is -1.75. The zero-order chi connectivity index (χ0) is 13.7. The summed E-state index contributed by atoms with van der Waals surface area (Å²) in [7, 11) is 0. The second-order valence-corrected chi connectivity index (χ2v) is 4.84. The van der Waals surface area contributed by atoms with E-state index in [0.717, 1.165) is 11.5 Å². The molecule has 2 rings (SSSR count). The van der Waals surface area contributed by atoms with Gasteiger partial charge in [-0.05, 0) is 12.1 Å². The van der Waals surface area contributed by atoms with E-state index >= 15 is 0 Å². The van der Waals surface area contributed by atoms with Crippen molar-refractivity contribution in [2.24, 2.45) is 0 Å². The van der Waals surface area contributed by atoms with E-state index in [-0.39, 0.29) is 12.0 Å². The predicted molar refractivity (Wildman–Crippen MR) is 72.5 cm³/mol. The van der Waals surface area contributed by atoms with Crippen LogP contribution < -0.4 is 20.1 Å². The van der Waals surface area contributed by atoms with Crippen LogP contribution in [0.5, 0.6) is 11.5 Å². The molecular weight excluding hydrogens is 244 g/mol. The van der Waals surface area contributed by atoms with Crippen LogP contribution in [0.25, 0.3) is 0 Å². The van der Waals surface area contributed by atoms with E-state index in [1.54, 1.807) is 0 Å². The van der Waals surface area contributed by atoms with E-state index in [1.807, 2.05) is 38.1 Å². The summed E-state index contributed by atoms with van der Waals surface area (Å²) >= 11 is 0. The molecule has 2 N–H and O–H groups in total. The van der Waals surface area contributed by atoms with Gasteiger partial charge in [0.2, 0.25) is 5.91 Å². The van der Waals surface area contributed by atoms with E-state index in [4.69, 9.17) is 9.47 Å². The van der Waals surface area contributed by atoms with Crippen molar-refractivity contribution in [2.75, 3.05) is 19.7 Å². The first-order chi connectivity index (χ1) is 9.15. The van der Waals surface area contributed by atoms with Crippen LogP contribution in [0.2, 0.25) is 0 Å². The number of para-hydroxylation sites is 2. The Balaban J connectivity index is 1.75. The van der Waals surface area contributed by atoms with Gasteiger partial charge in [0.1, 0.15) is 12.7 Å². The van der Waals surface area contributed by atoms with E-state index in [2.05, 4.69) is 10.6 Å². The van der Waals surface area contributed by atoms with Crippen LogP contribution in [-0.4, -0.2) is 37.7 Å². The first-order valence-electron chi connectivity index (χ1n) is 6.53. The predicted octanol–water partition coefficient (Wildman–Crippen LogP) is 0.941. The largest absolute Gasteiger partial charge is 0.486 e. The van der Waals surface area contributed by atoms with Crippen LogP contribution >= 0.6 is 0 Å². The maximum Gasteiger partial charge on any atom is 0.234 e. The third-order valence-electron chi connectivity index (χ3n) is 2.77. The molecule has 1 aliphatic heterocycles. The van der Waals surface area contributed by atoms with Gasteiger partial charge >= 0.3 is 0 Å². The highest BCUT2D eigenvalue weighted by atomic mass is 16.6. The Morgan fingerprint density at radius 1 is 1.37 bits per heavy atom. The van der Waals surface area contributed by atoms with Crippen molar-refractivity contribution in [3.8, 4) is 11.5 Å². The Labute approximate surface area is 113 Å². The molecule has 0 radical (unpaired) electrons. The monoisotopic (exact) mass is 264 g/mol. The van der Waals surface area contributed by atoms with E-state index < -0.39 is 0 Å². The maximum absolute atomic E-state index is 11.6. The molecule has 0 saturated heterocycles. The van der Waals surface area contributed by atoms with Crippen LogP contribution in [0.1, 0.15) is 13.8 Å². The van der Waals surface area contributed by atoms with Gasteiger partial charge in [-0.25, -0.2) is 0 Å². The molecule has 1 heterocycles. The van der Waals surface area contributed by atoms with Crippen molar-refractivity contribution in [3.63, 3.8) is 0 Å². The minimum absolute atomic E-state index is 0.0313. The van der Waals surface area contributed by atoms with Gasteiger partial charge in [-0.15, -0.1) is 0 Å². The summed E-state index contributed by atoms with van der Waals surface area (Å²) in [5, 5.41) is 5.90. The lowest BCUT2D eigenvalue weighted by molar-refractivity contribution is -0.120. The normalized spacial score (nSPS) is 17.3. The first-order valence-corrected chi connectivity index (χ1v) is 6.53. The molecule has 0 saturated carbocycles. The molecule has 0 aromatic heterocycles. The molecule has 104 valence electrons. The molecule has 0 spiro atoms. The molecule has 1 aromatic carbocycles. The van der Waals surface area contributed by atoms with Gasteiger partial charge in [0.15, 0.2) is 11.5 Å². The molecule has 19 heavy (non-hydrogen) atoms. The number of benzene rings is 1. The fourth-order valence-electron chi connectivity index (χ4n) is 1.75. The van der Waals surface area contributed by atoms with E-state index in [0.29, 0.717) is 25.7 Å². The molecule has 5 nitrogen and oxygen atoms in total. The summed E-state index contributed by atoms with van der Waals surface area (Å²) in [5.41, 5.74) is 0. The Kier molecular flexibility index (Phi) is 4.63. The molecular formula is C14H20N2O3. The molecule has 1 aliphatic rings. The second-order valence-electron chi connectivity index (χ2n) is 4.84. The number of hydrogen-bond acceptors (Lipinski definition) is 4. The summed E-state index contributed by atoms with van der Waals surface area (Å²) in [6.45, 7) is 5.23. The van der Waals surface area contributed by atoms with Crippen molar-refractivity contribution < 1.29 is 14.3 Å². The third kappa shape index (κ3) is 4.13. The molecule has 0 fully saturated rings. The molecule has 5 heteroatoms. The Bertz CT molecular complexity index is 434. The number of hydrogen-bond donors (Lipinski definition) is 2. The van der Waals surface area contributed by atoms with E-state index in [9.17, 15) is 4.79 Å². The fourth-order valence-corrected chi connectivity index (χ4v) is 1.75. The van der Waals surface area contributed by atoms with Crippen molar-refractivity contribution in [1.82, 2.24) is 10.6 Å². The smallest absolute Gasteiger partial charge is 0.234 e. The van der Waals surface area contributed by atoms with Crippen LogP contribution in [0.3, 0.4) is 0 Å². The van der Waals surface area contributed by atoms with Crippen molar-refractivity contribution >= 4 is 5.91 Å². The van der Waals surface area contributed by atoms with Crippen LogP contribution in [0.15, 0.2) is 24.3 Å². The minimum Gasteiger partial charge on any atom is -0.486 e. The number of amides is 1. The molecule has 1 atom stereocenters. The molecule has 0 bridgehead atoms. The number of rotatable bonds is 5. The van der Waals surface area contributed by atoms with Gasteiger partial charge in [0.25, 0.3) is 0 Å². The van der Waals surface area contributed by atoms with Gasteiger partial charge in [-0.2, -0.15) is 0 Å². The number of ether oxygens (including phenoxy) is 2. The topological polar surface area (TPSA) is 59.6 Å². The zero-order valence-electron chi connectivity index (χ0n) is 11.3. The zero-order valence-corrected chi connectivity index (χ0v) is 11.3. The average Bonchev–Trinajstić information content (AvgIpc) is 2.42. The number of fused-ring (bicyclic) bond motifs is 1. The minimum atomic E-state index is -0.141. The van der Waals surface area contributed by atoms with Crippen LogP contribution in [-0.2, 0) is 4.79 Å². The Morgan fingerprint density at radius 2 is 2.11 bits per heavy atom. The van der Waals surface area contributed by atoms with Gasteiger partial charge in [0.05, 0.1) is 13.1 Å². The van der Waals surface area contributed by atoms with Crippen LogP contribution in [0.4, 0.5) is 0 Å².